The maximum atomic E-state index is 12.5. The molecule has 2 aromatic rings. The summed E-state index contributed by atoms with van der Waals surface area (Å²) >= 11 is 0. The second kappa shape index (κ2) is 7.45. The molecule has 26 heavy (non-hydrogen) atoms. The molecule has 0 saturated carbocycles. The van der Waals surface area contributed by atoms with Gasteiger partial charge in [0.2, 0.25) is 11.8 Å². The lowest BCUT2D eigenvalue weighted by atomic mass is 9.96. The first kappa shape index (κ1) is 18.4. The Morgan fingerprint density at radius 2 is 1.69 bits per heavy atom. The number of carbonyl (C=O) groups is 2. The lowest BCUT2D eigenvalue weighted by molar-refractivity contribution is -0.132. The van der Waals surface area contributed by atoms with Crippen LogP contribution >= 0.6 is 0 Å². The predicted molar refractivity (Wildman–Crippen MR) is 99.9 cm³/mol. The average molecular weight is 374 g/mol. The summed E-state index contributed by atoms with van der Waals surface area (Å²) in [5.74, 6) is -1.69. The summed E-state index contributed by atoms with van der Waals surface area (Å²) in [6, 6.07) is 13.1. The van der Waals surface area contributed by atoms with Gasteiger partial charge >= 0.3 is 0 Å². The Kier molecular flexibility index (Phi) is 5.27. The molecule has 0 spiro atoms. The number of rotatable bonds is 5. The van der Waals surface area contributed by atoms with Gasteiger partial charge in [0.05, 0.1) is 5.75 Å². The third-order valence-electron chi connectivity index (χ3n) is 4.85. The Labute approximate surface area is 152 Å². The molecule has 6 nitrogen and oxygen atoms in total. The van der Waals surface area contributed by atoms with Crippen molar-refractivity contribution in [3.63, 3.8) is 0 Å². The van der Waals surface area contributed by atoms with Gasteiger partial charge in [-0.1, -0.05) is 42.5 Å². The third-order valence-corrected chi connectivity index (χ3v) is 6.29. The minimum absolute atomic E-state index is 0.169. The zero-order valence-corrected chi connectivity index (χ0v) is 15.2. The van der Waals surface area contributed by atoms with Crippen LogP contribution in [0.3, 0.4) is 0 Å². The first-order valence-electron chi connectivity index (χ1n) is 8.60. The van der Waals surface area contributed by atoms with Crippen LogP contribution in [0.5, 0.6) is 0 Å². The molecule has 0 atom stereocenters. The third kappa shape index (κ3) is 4.22. The van der Waals surface area contributed by atoms with E-state index in [9.17, 15) is 18.0 Å². The highest BCUT2D eigenvalue weighted by atomic mass is 32.2. The number of hydrogen-bond donors (Lipinski definition) is 1. The topological polar surface area (TPSA) is 97.5 Å². The van der Waals surface area contributed by atoms with E-state index in [1.54, 1.807) is 6.07 Å². The molecule has 2 N–H and O–H groups in total. The van der Waals surface area contributed by atoms with Crippen LogP contribution in [0.15, 0.2) is 42.5 Å². The highest BCUT2D eigenvalue weighted by molar-refractivity contribution is 7.91. The van der Waals surface area contributed by atoms with Crippen molar-refractivity contribution in [1.29, 1.82) is 0 Å². The van der Waals surface area contributed by atoms with Crippen molar-refractivity contribution in [1.82, 2.24) is 4.90 Å². The van der Waals surface area contributed by atoms with Gasteiger partial charge in [0.25, 0.3) is 0 Å². The van der Waals surface area contributed by atoms with E-state index in [0.717, 1.165) is 10.8 Å². The molecule has 1 aliphatic rings. The van der Waals surface area contributed by atoms with E-state index in [2.05, 4.69) is 0 Å². The van der Waals surface area contributed by atoms with E-state index in [1.165, 1.54) is 4.90 Å². The molecular formula is C19H22N2O4S. The van der Waals surface area contributed by atoms with Crippen LogP contribution in [0.2, 0.25) is 0 Å². The van der Waals surface area contributed by atoms with Crippen LogP contribution in [0.4, 0.5) is 0 Å². The number of benzene rings is 2. The zero-order valence-electron chi connectivity index (χ0n) is 14.4. The van der Waals surface area contributed by atoms with E-state index in [1.807, 2.05) is 36.4 Å². The second-order valence-corrected chi connectivity index (χ2v) is 8.79. The molecule has 2 amide bonds. The second-order valence-electron chi connectivity index (χ2n) is 6.73. The number of nitrogens with zero attached hydrogens (tertiary/aromatic N) is 1. The van der Waals surface area contributed by atoms with Crippen LogP contribution in [0.25, 0.3) is 10.8 Å². The van der Waals surface area contributed by atoms with Gasteiger partial charge in [-0.2, -0.15) is 0 Å². The number of nitrogens with two attached hydrogens (primary N) is 1. The first-order chi connectivity index (χ1) is 12.4. The maximum absolute atomic E-state index is 12.5. The van der Waals surface area contributed by atoms with Gasteiger partial charge in [0.15, 0.2) is 9.84 Å². The van der Waals surface area contributed by atoms with Crippen molar-refractivity contribution in [3.8, 4) is 0 Å². The molecule has 0 radical (unpaired) electrons. The standard InChI is InChI=1S/C19H22N2O4S/c20-19(23)15-8-10-21(11-9-15)18(22)13-26(24,25)12-16-6-3-5-14-4-1-2-7-17(14)16/h1-7,15H,8-13H2,(H2,20,23). The van der Waals surface area contributed by atoms with Crippen molar-refractivity contribution in [3.05, 3.63) is 48.0 Å². The van der Waals surface area contributed by atoms with Gasteiger partial charge in [-0.05, 0) is 29.2 Å². The molecule has 138 valence electrons. The SMILES string of the molecule is NC(=O)C1CCN(C(=O)CS(=O)(=O)Cc2cccc3ccccc23)CC1. The van der Waals surface area contributed by atoms with Crippen LogP contribution in [-0.4, -0.2) is 44.0 Å². The van der Waals surface area contributed by atoms with Crippen molar-refractivity contribution in [2.24, 2.45) is 11.7 Å². The Morgan fingerprint density at radius 3 is 2.38 bits per heavy atom. The van der Waals surface area contributed by atoms with Gasteiger partial charge in [-0.25, -0.2) is 8.42 Å². The summed E-state index contributed by atoms with van der Waals surface area (Å²) in [4.78, 5) is 25.1. The fourth-order valence-corrected chi connectivity index (χ4v) is 4.79. The quantitative estimate of drug-likeness (QED) is 0.857. The normalized spacial score (nSPS) is 15.9. The van der Waals surface area contributed by atoms with Crippen LogP contribution in [0.1, 0.15) is 18.4 Å². The van der Waals surface area contributed by atoms with E-state index < -0.39 is 21.5 Å². The fourth-order valence-electron chi connectivity index (χ4n) is 3.40. The summed E-state index contributed by atoms with van der Waals surface area (Å²) in [5, 5.41) is 1.85. The number of amides is 2. The minimum atomic E-state index is -3.59. The molecular weight excluding hydrogens is 352 g/mol. The number of fused-ring (bicyclic) bond motifs is 1. The molecule has 3 rings (SSSR count). The average Bonchev–Trinajstić information content (AvgIpc) is 2.61. The zero-order chi connectivity index (χ0) is 18.7. The lowest BCUT2D eigenvalue weighted by Crippen LogP contribution is -2.44. The summed E-state index contributed by atoms with van der Waals surface area (Å²) in [6.07, 6.45) is 0.981. The molecule has 0 unspecified atom stereocenters. The van der Waals surface area contributed by atoms with Gasteiger partial charge in [-0.3, -0.25) is 9.59 Å². The van der Waals surface area contributed by atoms with Crippen LogP contribution < -0.4 is 5.73 Å². The Balaban J connectivity index is 1.67. The fraction of sp³-hybridized carbons (Fsp3) is 0.368. The molecule has 0 aliphatic carbocycles. The summed E-state index contributed by atoms with van der Waals surface area (Å²) in [6.45, 7) is 0.743. The van der Waals surface area contributed by atoms with E-state index in [4.69, 9.17) is 5.73 Å². The lowest BCUT2D eigenvalue weighted by Gasteiger charge is -2.30. The molecule has 1 heterocycles. The number of carbonyl (C=O) groups excluding carboxylic acids is 2. The van der Waals surface area contributed by atoms with Crippen molar-refractivity contribution in [2.45, 2.75) is 18.6 Å². The number of likely N-dealkylation sites (tertiary alicyclic amines) is 1. The number of hydrogen-bond acceptors (Lipinski definition) is 4. The van der Waals surface area contributed by atoms with Crippen LogP contribution in [-0.2, 0) is 25.2 Å². The van der Waals surface area contributed by atoms with Crippen molar-refractivity contribution < 1.29 is 18.0 Å². The van der Waals surface area contributed by atoms with E-state index >= 15 is 0 Å². The number of sulfone groups is 1. The van der Waals surface area contributed by atoms with Gasteiger partial charge in [-0.15, -0.1) is 0 Å². The Hall–Kier alpha value is -2.41. The first-order valence-corrected chi connectivity index (χ1v) is 10.4. The van der Waals surface area contributed by atoms with Crippen molar-refractivity contribution in [2.75, 3.05) is 18.8 Å². The van der Waals surface area contributed by atoms with E-state index in [0.29, 0.717) is 31.5 Å². The smallest absolute Gasteiger partial charge is 0.237 e. The molecule has 2 aromatic carbocycles. The van der Waals surface area contributed by atoms with Crippen LogP contribution in [0, 0.1) is 5.92 Å². The van der Waals surface area contributed by atoms with E-state index in [-0.39, 0.29) is 17.6 Å². The summed E-state index contributed by atoms with van der Waals surface area (Å²) < 4.78 is 25.1. The molecule has 1 fully saturated rings. The number of primary amides is 1. The largest absolute Gasteiger partial charge is 0.369 e. The molecule has 1 saturated heterocycles. The van der Waals surface area contributed by atoms with Gasteiger partial charge in [0.1, 0.15) is 5.75 Å². The summed E-state index contributed by atoms with van der Waals surface area (Å²) in [7, 11) is -3.59. The number of piperidine rings is 1. The van der Waals surface area contributed by atoms with Gasteiger partial charge in [0, 0.05) is 19.0 Å². The molecule has 0 aromatic heterocycles. The molecule has 0 bridgehead atoms. The minimum Gasteiger partial charge on any atom is -0.369 e. The Morgan fingerprint density at radius 1 is 1.04 bits per heavy atom. The molecule has 1 aliphatic heterocycles. The molecule has 7 heteroatoms. The summed E-state index contributed by atoms with van der Waals surface area (Å²) in [5.41, 5.74) is 5.98. The Bertz CT molecular complexity index is 926. The van der Waals surface area contributed by atoms with Crippen molar-refractivity contribution >= 4 is 32.4 Å². The predicted octanol–water partition coefficient (Wildman–Crippen LogP) is 1.48. The highest BCUT2D eigenvalue weighted by Crippen LogP contribution is 2.21. The maximum Gasteiger partial charge on any atom is 0.237 e. The highest BCUT2D eigenvalue weighted by Gasteiger charge is 2.28. The monoisotopic (exact) mass is 374 g/mol. The van der Waals surface area contributed by atoms with Gasteiger partial charge < -0.3 is 10.6 Å².